The summed E-state index contributed by atoms with van der Waals surface area (Å²) in [7, 11) is 2.10. The van der Waals surface area contributed by atoms with E-state index in [0.29, 0.717) is 0 Å². The summed E-state index contributed by atoms with van der Waals surface area (Å²) in [5.41, 5.74) is 1.05. The maximum atomic E-state index is 13.0. The molecule has 1 aliphatic heterocycles. The third-order valence-corrected chi connectivity index (χ3v) is 3.60. The topological polar surface area (TPSA) is 15.3 Å². The van der Waals surface area contributed by atoms with E-state index in [-0.39, 0.29) is 5.82 Å². The van der Waals surface area contributed by atoms with Gasteiger partial charge in [-0.15, -0.1) is 0 Å². The maximum Gasteiger partial charge on any atom is 0.123 e. The van der Waals surface area contributed by atoms with Crippen molar-refractivity contribution in [3.05, 3.63) is 35.6 Å². The van der Waals surface area contributed by atoms with Crippen LogP contribution in [0.3, 0.4) is 0 Å². The smallest absolute Gasteiger partial charge is 0.123 e. The van der Waals surface area contributed by atoms with Crippen LogP contribution in [0.2, 0.25) is 0 Å². The van der Waals surface area contributed by atoms with E-state index in [1.807, 2.05) is 6.07 Å². The number of halogens is 1. The Kier molecular flexibility index (Phi) is 5.14. The number of benzene rings is 1. The normalized spacial score (nSPS) is 19.6. The van der Waals surface area contributed by atoms with Gasteiger partial charge in [-0.2, -0.15) is 0 Å². The predicted octanol–water partition coefficient (Wildman–Crippen LogP) is 2.79. The van der Waals surface area contributed by atoms with Gasteiger partial charge in [0.15, 0.2) is 0 Å². The molecule has 1 aromatic carbocycles. The van der Waals surface area contributed by atoms with Gasteiger partial charge in [0.2, 0.25) is 0 Å². The lowest BCUT2D eigenvalue weighted by molar-refractivity contribution is 0.311. The summed E-state index contributed by atoms with van der Waals surface area (Å²) >= 11 is 0. The minimum absolute atomic E-state index is 0.143. The molecular formula is C15H23FN2. The van der Waals surface area contributed by atoms with Crippen LogP contribution in [0.1, 0.15) is 31.2 Å². The molecule has 0 amide bonds. The van der Waals surface area contributed by atoms with Gasteiger partial charge in [-0.05, 0) is 63.5 Å². The fourth-order valence-corrected chi connectivity index (χ4v) is 2.64. The zero-order valence-electron chi connectivity index (χ0n) is 11.2. The fourth-order valence-electron chi connectivity index (χ4n) is 2.64. The molecule has 1 fully saturated rings. The predicted molar refractivity (Wildman–Crippen MR) is 73.0 cm³/mol. The van der Waals surface area contributed by atoms with Gasteiger partial charge in [0.1, 0.15) is 5.82 Å². The van der Waals surface area contributed by atoms with Crippen molar-refractivity contribution in [1.29, 1.82) is 0 Å². The molecule has 1 unspecified atom stereocenters. The monoisotopic (exact) mass is 250 g/mol. The van der Waals surface area contributed by atoms with Crippen molar-refractivity contribution in [3.63, 3.8) is 0 Å². The SMILES string of the molecule is CN(CCCC1CCCN1)Cc1cccc(F)c1. The average Bonchev–Trinajstić information content (AvgIpc) is 2.82. The van der Waals surface area contributed by atoms with Gasteiger partial charge in [0.05, 0.1) is 0 Å². The van der Waals surface area contributed by atoms with Crippen molar-refractivity contribution in [2.45, 2.75) is 38.3 Å². The van der Waals surface area contributed by atoms with Gasteiger partial charge < -0.3 is 10.2 Å². The van der Waals surface area contributed by atoms with E-state index in [1.165, 1.54) is 38.3 Å². The van der Waals surface area contributed by atoms with Crippen LogP contribution in [0.5, 0.6) is 0 Å². The fraction of sp³-hybridized carbons (Fsp3) is 0.600. The maximum absolute atomic E-state index is 13.0. The van der Waals surface area contributed by atoms with Crippen molar-refractivity contribution in [2.24, 2.45) is 0 Å². The third kappa shape index (κ3) is 4.39. The Balaban J connectivity index is 1.66. The van der Waals surface area contributed by atoms with Crippen LogP contribution in [0.15, 0.2) is 24.3 Å². The van der Waals surface area contributed by atoms with Crippen LogP contribution in [0.4, 0.5) is 4.39 Å². The summed E-state index contributed by atoms with van der Waals surface area (Å²) in [5.74, 6) is -0.143. The zero-order valence-corrected chi connectivity index (χ0v) is 11.2. The number of rotatable bonds is 6. The van der Waals surface area contributed by atoms with Crippen LogP contribution in [-0.4, -0.2) is 31.1 Å². The van der Waals surface area contributed by atoms with Crippen LogP contribution >= 0.6 is 0 Å². The second kappa shape index (κ2) is 6.86. The Morgan fingerprint density at radius 2 is 2.33 bits per heavy atom. The van der Waals surface area contributed by atoms with Gasteiger partial charge in [0, 0.05) is 12.6 Å². The highest BCUT2D eigenvalue weighted by atomic mass is 19.1. The quantitative estimate of drug-likeness (QED) is 0.835. The highest BCUT2D eigenvalue weighted by molar-refractivity contribution is 5.15. The third-order valence-electron chi connectivity index (χ3n) is 3.60. The van der Waals surface area contributed by atoms with Crippen molar-refractivity contribution >= 4 is 0 Å². The van der Waals surface area contributed by atoms with Crippen molar-refractivity contribution in [1.82, 2.24) is 10.2 Å². The van der Waals surface area contributed by atoms with Crippen LogP contribution in [0, 0.1) is 5.82 Å². The summed E-state index contributed by atoms with van der Waals surface area (Å²) in [6, 6.07) is 7.61. The molecule has 3 heteroatoms. The second-order valence-corrected chi connectivity index (χ2v) is 5.30. The number of hydrogen-bond acceptors (Lipinski definition) is 2. The van der Waals surface area contributed by atoms with E-state index in [4.69, 9.17) is 0 Å². The van der Waals surface area contributed by atoms with E-state index >= 15 is 0 Å². The Morgan fingerprint density at radius 3 is 3.06 bits per heavy atom. The molecule has 1 saturated heterocycles. The molecule has 1 aliphatic rings. The van der Waals surface area contributed by atoms with Crippen LogP contribution < -0.4 is 5.32 Å². The number of hydrogen-bond donors (Lipinski definition) is 1. The number of nitrogens with one attached hydrogen (secondary N) is 1. The highest BCUT2D eigenvalue weighted by Crippen LogP contribution is 2.12. The van der Waals surface area contributed by atoms with E-state index < -0.39 is 0 Å². The standard InChI is InChI=1S/C15H23FN2/c1-18(10-4-8-15-7-3-9-17-15)12-13-5-2-6-14(16)11-13/h2,5-6,11,15,17H,3-4,7-10,12H2,1H3. The lowest BCUT2D eigenvalue weighted by Crippen LogP contribution is -2.24. The van der Waals surface area contributed by atoms with Crippen LogP contribution in [0.25, 0.3) is 0 Å². The lowest BCUT2D eigenvalue weighted by atomic mass is 10.1. The molecule has 0 bridgehead atoms. The summed E-state index contributed by atoms with van der Waals surface area (Å²) in [5, 5.41) is 3.52. The first-order chi connectivity index (χ1) is 8.74. The molecule has 100 valence electrons. The minimum atomic E-state index is -0.143. The van der Waals surface area contributed by atoms with Gasteiger partial charge >= 0.3 is 0 Å². The molecule has 0 aliphatic carbocycles. The molecule has 0 aromatic heterocycles. The Hall–Kier alpha value is -0.930. The molecule has 1 atom stereocenters. The van der Waals surface area contributed by atoms with E-state index in [9.17, 15) is 4.39 Å². The van der Waals surface area contributed by atoms with Crippen molar-refractivity contribution in [3.8, 4) is 0 Å². The average molecular weight is 250 g/mol. The second-order valence-electron chi connectivity index (χ2n) is 5.30. The molecule has 1 heterocycles. The van der Waals surface area contributed by atoms with Gasteiger partial charge in [-0.25, -0.2) is 4.39 Å². The van der Waals surface area contributed by atoms with Crippen molar-refractivity contribution < 1.29 is 4.39 Å². The molecule has 2 nitrogen and oxygen atoms in total. The van der Waals surface area contributed by atoms with Crippen molar-refractivity contribution in [2.75, 3.05) is 20.1 Å². The summed E-state index contributed by atoms with van der Waals surface area (Å²) < 4.78 is 13.0. The Labute approximate surface area is 109 Å². The van der Waals surface area contributed by atoms with Gasteiger partial charge in [-0.1, -0.05) is 12.1 Å². The molecule has 0 spiro atoms. The number of nitrogens with zero attached hydrogens (tertiary/aromatic N) is 1. The first kappa shape index (κ1) is 13.5. The summed E-state index contributed by atoms with van der Waals surface area (Å²) in [6.45, 7) is 3.09. The first-order valence-corrected chi connectivity index (χ1v) is 6.90. The van der Waals surface area contributed by atoms with E-state index in [0.717, 1.165) is 24.7 Å². The molecule has 18 heavy (non-hydrogen) atoms. The Morgan fingerprint density at radius 1 is 1.44 bits per heavy atom. The largest absolute Gasteiger partial charge is 0.314 e. The molecule has 1 N–H and O–H groups in total. The summed E-state index contributed by atoms with van der Waals surface area (Å²) in [6.07, 6.45) is 5.12. The molecule has 0 saturated carbocycles. The van der Waals surface area contributed by atoms with Crippen LogP contribution in [-0.2, 0) is 6.54 Å². The highest BCUT2D eigenvalue weighted by Gasteiger charge is 2.13. The first-order valence-electron chi connectivity index (χ1n) is 6.90. The molecular weight excluding hydrogens is 227 g/mol. The van der Waals surface area contributed by atoms with Gasteiger partial charge in [-0.3, -0.25) is 0 Å². The molecule has 1 aromatic rings. The summed E-state index contributed by atoms with van der Waals surface area (Å²) in [4.78, 5) is 2.27. The lowest BCUT2D eigenvalue weighted by Gasteiger charge is -2.18. The van der Waals surface area contributed by atoms with E-state index in [1.54, 1.807) is 12.1 Å². The van der Waals surface area contributed by atoms with E-state index in [2.05, 4.69) is 17.3 Å². The zero-order chi connectivity index (χ0) is 12.8. The molecule has 2 rings (SSSR count). The molecule has 0 radical (unpaired) electrons. The van der Waals surface area contributed by atoms with Gasteiger partial charge in [0.25, 0.3) is 0 Å². The Bertz CT molecular complexity index is 361. The minimum Gasteiger partial charge on any atom is -0.314 e.